The molecule has 3 rings (SSSR count). The highest BCUT2D eigenvalue weighted by molar-refractivity contribution is 7.14. The van der Waals surface area contributed by atoms with Crippen LogP contribution in [0.5, 0.6) is 11.5 Å². The molecule has 30 heavy (non-hydrogen) atoms. The lowest BCUT2D eigenvalue weighted by Gasteiger charge is -2.10. The van der Waals surface area contributed by atoms with Gasteiger partial charge in [0.1, 0.15) is 18.0 Å². The number of anilines is 1. The Balaban J connectivity index is 1.76. The van der Waals surface area contributed by atoms with E-state index < -0.39 is 29.8 Å². The Kier molecular flexibility index (Phi) is 6.11. The molecular formula is C19H16F3N3O4S. The number of amides is 1. The molecule has 1 aromatic carbocycles. The van der Waals surface area contributed by atoms with Crippen molar-refractivity contribution in [3.05, 3.63) is 57.8 Å². The average molecular weight is 439 g/mol. The van der Waals surface area contributed by atoms with Gasteiger partial charge >= 0.3 is 6.18 Å². The highest BCUT2D eigenvalue weighted by Crippen LogP contribution is 2.34. The van der Waals surface area contributed by atoms with Crippen molar-refractivity contribution in [2.24, 2.45) is 0 Å². The van der Waals surface area contributed by atoms with E-state index in [1.807, 2.05) is 0 Å². The zero-order valence-electron chi connectivity index (χ0n) is 15.8. The number of alkyl halides is 3. The van der Waals surface area contributed by atoms with Crippen molar-refractivity contribution >= 4 is 22.4 Å². The van der Waals surface area contributed by atoms with E-state index in [0.717, 1.165) is 17.4 Å². The number of thiazole rings is 1. The molecule has 0 atom stereocenters. The maximum Gasteiger partial charge on any atom is 0.417 e. The predicted molar refractivity (Wildman–Crippen MR) is 105 cm³/mol. The average Bonchev–Trinajstić information content (AvgIpc) is 3.16. The predicted octanol–water partition coefficient (Wildman–Crippen LogP) is 3.65. The summed E-state index contributed by atoms with van der Waals surface area (Å²) in [5.74, 6) is 0.443. The van der Waals surface area contributed by atoms with Gasteiger partial charge in [0, 0.05) is 29.3 Å². The summed E-state index contributed by atoms with van der Waals surface area (Å²) in [6.07, 6.45) is -4.01. The maximum absolute atomic E-state index is 12.8. The molecule has 0 bridgehead atoms. The van der Waals surface area contributed by atoms with E-state index in [0.29, 0.717) is 39.6 Å². The molecule has 0 unspecified atom stereocenters. The van der Waals surface area contributed by atoms with Crippen LogP contribution in [0.2, 0.25) is 0 Å². The summed E-state index contributed by atoms with van der Waals surface area (Å²) >= 11 is 1.13. The Morgan fingerprint density at radius 2 is 1.97 bits per heavy atom. The quantitative estimate of drug-likeness (QED) is 0.634. The molecule has 3 aromatic rings. The third-order valence-electron chi connectivity index (χ3n) is 4.06. The summed E-state index contributed by atoms with van der Waals surface area (Å²) in [4.78, 5) is 28.3. The first kappa shape index (κ1) is 21.4. The van der Waals surface area contributed by atoms with Gasteiger partial charge in [-0.15, -0.1) is 11.3 Å². The van der Waals surface area contributed by atoms with Crippen molar-refractivity contribution in [3.63, 3.8) is 0 Å². The SMILES string of the molecule is COc1ccc(-c2csc(NC(=O)Cn3cc(C(F)(F)F)ccc3=O)n2)c(OC)c1. The molecule has 0 aliphatic heterocycles. The van der Waals surface area contributed by atoms with E-state index in [2.05, 4.69) is 10.3 Å². The second kappa shape index (κ2) is 8.57. The highest BCUT2D eigenvalue weighted by Gasteiger charge is 2.31. The van der Waals surface area contributed by atoms with Crippen molar-refractivity contribution in [2.75, 3.05) is 19.5 Å². The fourth-order valence-electron chi connectivity index (χ4n) is 2.60. The molecule has 0 aliphatic rings. The normalized spacial score (nSPS) is 11.2. The number of nitrogens with one attached hydrogen (secondary N) is 1. The molecule has 1 amide bonds. The third-order valence-corrected chi connectivity index (χ3v) is 4.82. The van der Waals surface area contributed by atoms with Crippen LogP contribution in [0.15, 0.2) is 46.7 Å². The molecule has 0 aliphatic carbocycles. The molecule has 158 valence electrons. The lowest BCUT2D eigenvalue weighted by molar-refractivity contribution is -0.138. The number of hydrogen-bond donors (Lipinski definition) is 1. The molecular weight excluding hydrogens is 423 g/mol. The van der Waals surface area contributed by atoms with Crippen LogP contribution in [-0.2, 0) is 17.5 Å². The first-order chi connectivity index (χ1) is 14.2. The molecule has 0 saturated carbocycles. The van der Waals surface area contributed by atoms with E-state index >= 15 is 0 Å². The van der Waals surface area contributed by atoms with Gasteiger partial charge in [-0.05, 0) is 18.2 Å². The number of methoxy groups -OCH3 is 2. The lowest BCUT2D eigenvalue weighted by atomic mass is 10.1. The number of benzene rings is 1. The standard InChI is InChI=1S/C19H16F3N3O4S/c1-28-12-4-5-13(15(7-12)29-2)14-10-30-18(23-14)24-16(26)9-25-8-11(19(20,21)22)3-6-17(25)27/h3-8,10H,9H2,1-2H3,(H,23,24,26). The van der Waals surface area contributed by atoms with E-state index in [4.69, 9.17) is 9.47 Å². The van der Waals surface area contributed by atoms with E-state index in [9.17, 15) is 22.8 Å². The van der Waals surface area contributed by atoms with Gasteiger partial charge in [0.05, 0.1) is 25.5 Å². The van der Waals surface area contributed by atoms with E-state index in [-0.39, 0.29) is 5.13 Å². The Morgan fingerprint density at radius 3 is 2.63 bits per heavy atom. The zero-order valence-corrected chi connectivity index (χ0v) is 16.6. The number of carbonyl (C=O) groups excluding carboxylic acids is 1. The Bertz CT molecular complexity index is 1120. The topological polar surface area (TPSA) is 82.5 Å². The molecule has 0 fully saturated rings. The fourth-order valence-corrected chi connectivity index (χ4v) is 3.33. The number of carbonyl (C=O) groups is 1. The Morgan fingerprint density at radius 1 is 1.20 bits per heavy atom. The minimum atomic E-state index is -4.62. The van der Waals surface area contributed by atoms with Crippen LogP contribution >= 0.6 is 11.3 Å². The number of ether oxygens (including phenoxy) is 2. The van der Waals surface area contributed by atoms with Crippen LogP contribution in [0.1, 0.15) is 5.56 Å². The molecule has 7 nitrogen and oxygen atoms in total. The molecule has 11 heteroatoms. The summed E-state index contributed by atoms with van der Waals surface area (Å²) in [6, 6.07) is 6.61. The Hall–Kier alpha value is -3.34. The van der Waals surface area contributed by atoms with Crippen LogP contribution in [0.25, 0.3) is 11.3 Å². The highest BCUT2D eigenvalue weighted by atomic mass is 32.1. The second-order valence-electron chi connectivity index (χ2n) is 6.03. The third kappa shape index (κ3) is 4.79. The number of pyridine rings is 1. The van der Waals surface area contributed by atoms with Crippen LogP contribution in [0.3, 0.4) is 0 Å². The largest absolute Gasteiger partial charge is 0.497 e. The first-order valence-corrected chi connectivity index (χ1v) is 9.34. The van der Waals surface area contributed by atoms with Crippen LogP contribution in [0, 0.1) is 0 Å². The van der Waals surface area contributed by atoms with Gasteiger partial charge in [-0.3, -0.25) is 9.59 Å². The van der Waals surface area contributed by atoms with Gasteiger partial charge in [-0.1, -0.05) is 0 Å². The molecule has 2 aromatic heterocycles. The molecule has 1 N–H and O–H groups in total. The molecule has 2 heterocycles. The zero-order chi connectivity index (χ0) is 21.9. The minimum absolute atomic E-state index is 0.230. The lowest BCUT2D eigenvalue weighted by Crippen LogP contribution is -2.28. The Labute approximate surface area is 172 Å². The van der Waals surface area contributed by atoms with Gasteiger partial charge in [-0.2, -0.15) is 13.2 Å². The smallest absolute Gasteiger partial charge is 0.417 e. The van der Waals surface area contributed by atoms with Crippen molar-refractivity contribution in [2.45, 2.75) is 12.7 Å². The second-order valence-corrected chi connectivity index (χ2v) is 6.89. The summed E-state index contributed by atoms with van der Waals surface area (Å²) in [5.41, 5.74) is -0.533. The van der Waals surface area contributed by atoms with Crippen molar-refractivity contribution < 1.29 is 27.4 Å². The van der Waals surface area contributed by atoms with Crippen molar-refractivity contribution in [3.8, 4) is 22.8 Å². The number of rotatable bonds is 6. The number of hydrogen-bond acceptors (Lipinski definition) is 6. The van der Waals surface area contributed by atoms with Gasteiger partial charge in [0.15, 0.2) is 5.13 Å². The molecule has 0 radical (unpaired) electrons. The summed E-state index contributed by atoms with van der Waals surface area (Å²) < 4.78 is 49.6. The van der Waals surface area contributed by atoms with Gasteiger partial charge in [0.25, 0.3) is 5.56 Å². The summed E-state index contributed by atoms with van der Waals surface area (Å²) in [7, 11) is 3.03. The van der Waals surface area contributed by atoms with Crippen LogP contribution in [0.4, 0.5) is 18.3 Å². The van der Waals surface area contributed by atoms with Gasteiger partial charge < -0.3 is 19.4 Å². The van der Waals surface area contributed by atoms with Crippen LogP contribution in [-0.4, -0.2) is 29.7 Å². The van der Waals surface area contributed by atoms with E-state index in [1.54, 1.807) is 23.6 Å². The monoisotopic (exact) mass is 439 g/mol. The molecule has 0 spiro atoms. The summed E-state index contributed by atoms with van der Waals surface area (Å²) in [6.45, 7) is -0.580. The number of aromatic nitrogens is 2. The first-order valence-electron chi connectivity index (χ1n) is 8.46. The van der Waals surface area contributed by atoms with Gasteiger partial charge in [0.2, 0.25) is 5.91 Å². The van der Waals surface area contributed by atoms with Crippen molar-refractivity contribution in [1.29, 1.82) is 0 Å². The fraction of sp³-hybridized carbons (Fsp3) is 0.211. The maximum atomic E-state index is 12.8. The number of halogens is 3. The van der Waals surface area contributed by atoms with E-state index in [1.165, 1.54) is 14.2 Å². The number of nitrogens with zero attached hydrogens (tertiary/aromatic N) is 2. The molecule has 0 saturated heterocycles. The van der Waals surface area contributed by atoms with Crippen LogP contribution < -0.4 is 20.3 Å². The van der Waals surface area contributed by atoms with Crippen molar-refractivity contribution in [1.82, 2.24) is 9.55 Å². The minimum Gasteiger partial charge on any atom is -0.497 e. The van der Waals surface area contributed by atoms with Gasteiger partial charge in [-0.25, -0.2) is 4.98 Å². The summed E-state index contributed by atoms with van der Waals surface area (Å²) in [5, 5.41) is 4.41.